The summed E-state index contributed by atoms with van der Waals surface area (Å²) in [5, 5.41) is 21.6. The Kier molecular flexibility index (Phi) is 5.43. The first kappa shape index (κ1) is 18.1. The highest BCUT2D eigenvalue weighted by atomic mass is 19.4. The predicted molar refractivity (Wildman–Crippen MR) is 67.2 cm³/mol. The first-order valence-corrected chi connectivity index (χ1v) is 5.92. The minimum absolute atomic E-state index is 0.00952. The van der Waals surface area contributed by atoms with Gasteiger partial charge in [-0.3, -0.25) is 20.2 Å². The van der Waals surface area contributed by atoms with Crippen molar-refractivity contribution in [2.45, 2.75) is 19.5 Å². The van der Waals surface area contributed by atoms with Gasteiger partial charge >= 0.3 is 18.0 Å². The molecule has 12 heteroatoms. The molecule has 0 saturated heterocycles. The van der Waals surface area contributed by atoms with E-state index >= 15 is 0 Å². The quantitative estimate of drug-likeness (QED) is 0.350. The molecule has 0 heterocycles. The SMILES string of the molecule is CCc1cc([N+](=O)[O-])cc([N+](=O)[O-])c1OC(=O)OCC(F)(F)F. The van der Waals surface area contributed by atoms with E-state index in [1.807, 2.05) is 0 Å². The summed E-state index contributed by atoms with van der Waals surface area (Å²) >= 11 is 0. The van der Waals surface area contributed by atoms with E-state index in [2.05, 4.69) is 9.47 Å². The molecule has 0 unspecified atom stereocenters. The van der Waals surface area contributed by atoms with Crippen molar-refractivity contribution in [2.24, 2.45) is 0 Å². The molecule has 0 bridgehead atoms. The first-order valence-electron chi connectivity index (χ1n) is 5.92. The largest absolute Gasteiger partial charge is 0.514 e. The lowest BCUT2D eigenvalue weighted by Crippen LogP contribution is -2.22. The highest BCUT2D eigenvalue weighted by Gasteiger charge is 2.32. The molecule has 23 heavy (non-hydrogen) atoms. The van der Waals surface area contributed by atoms with Gasteiger partial charge in [-0.05, 0) is 6.42 Å². The number of nitrogens with zero attached hydrogens (tertiary/aromatic N) is 2. The molecule has 0 saturated carbocycles. The van der Waals surface area contributed by atoms with Crippen molar-refractivity contribution in [3.05, 3.63) is 37.9 Å². The number of hydrogen-bond acceptors (Lipinski definition) is 7. The Labute approximate surface area is 125 Å². The molecule has 0 fully saturated rings. The Morgan fingerprint density at radius 3 is 2.26 bits per heavy atom. The summed E-state index contributed by atoms with van der Waals surface area (Å²) < 4.78 is 44.0. The fourth-order valence-corrected chi connectivity index (χ4v) is 1.53. The number of aryl methyl sites for hydroxylation is 1. The van der Waals surface area contributed by atoms with Gasteiger partial charge in [0, 0.05) is 11.6 Å². The van der Waals surface area contributed by atoms with Gasteiger partial charge in [0.25, 0.3) is 5.69 Å². The zero-order chi connectivity index (χ0) is 17.8. The van der Waals surface area contributed by atoms with E-state index in [0.717, 1.165) is 6.07 Å². The van der Waals surface area contributed by atoms with Gasteiger partial charge in [0.15, 0.2) is 6.61 Å². The molecular weight excluding hydrogens is 329 g/mol. The molecule has 0 atom stereocenters. The zero-order valence-electron chi connectivity index (χ0n) is 11.5. The van der Waals surface area contributed by atoms with Crippen LogP contribution in [0.2, 0.25) is 0 Å². The summed E-state index contributed by atoms with van der Waals surface area (Å²) in [7, 11) is 0. The van der Waals surface area contributed by atoms with E-state index in [4.69, 9.17) is 0 Å². The number of non-ortho nitro benzene ring substituents is 1. The second-order valence-corrected chi connectivity index (χ2v) is 4.08. The van der Waals surface area contributed by atoms with Crippen molar-refractivity contribution in [3.63, 3.8) is 0 Å². The number of halogens is 3. The zero-order valence-corrected chi connectivity index (χ0v) is 11.5. The first-order chi connectivity index (χ1) is 10.5. The maximum Gasteiger partial charge on any atom is 0.514 e. The van der Waals surface area contributed by atoms with Crippen molar-refractivity contribution >= 4 is 17.5 Å². The molecule has 9 nitrogen and oxygen atoms in total. The number of nitro groups is 2. The van der Waals surface area contributed by atoms with Crippen molar-refractivity contribution in [2.75, 3.05) is 6.61 Å². The van der Waals surface area contributed by atoms with Gasteiger partial charge in [-0.25, -0.2) is 4.79 Å². The van der Waals surface area contributed by atoms with Crippen LogP contribution in [0.15, 0.2) is 12.1 Å². The predicted octanol–water partition coefficient (Wildman–Crippen LogP) is 3.14. The van der Waals surface area contributed by atoms with E-state index < -0.39 is 45.9 Å². The van der Waals surface area contributed by atoms with Crippen LogP contribution in [0.3, 0.4) is 0 Å². The summed E-state index contributed by atoms with van der Waals surface area (Å²) in [5.41, 5.74) is -1.65. The maximum absolute atomic E-state index is 11.9. The van der Waals surface area contributed by atoms with Gasteiger partial charge < -0.3 is 9.47 Å². The Balaban J connectivity index is 3.16. The molecule has 1 rings (SSSR count). The monoisotopic (exact) mass is 338 g/mol. The van der Waals surface area contributed by atoms with Gasteiger partial charge in [-0.15, -0.1) is 0 Å². The number of hydrogen-bond donors (Lipinski definition) is 0. The minimum atomic E-state index is -4.80. The van der Waals surface area contributed by atoms with Crippen LogP contribution >= 0.6 is 0 Å². The van der Waals surface area contributed by atoms with E-state index in [9.17, 15) is 38.2 Å². The minimum Gasteiger partial charge on any atom is -0.424 e. The molecule has 0 spiro atoms. The average Bonchev–Trinajstić information content (AvgIpc) is 2.43. The number of nitro benzene ring substituents is 2. The summed E-state index contributed by atoms with van der Waals surface area (Å²) in [6.45, 7) is -0.481. The molecule has 1 aromatic rings. The number of benzene rings is 1. The second-order valence-electron chi connectivity index (χ2n) is 4.08. The van der Waals surface area contributed by atoms with E-state index in [-0.39, 0.29) is 12.0 Å². The maximum atomic E-state index is 11.9. The molecule has 0 amide bonds. The number of rotatable bonds is 5. The summed E-state index contributed by atoms with van der Waals surface area (Å²) in [6.07, 6.45) is -6.62. The third-order valence-corrected chi connectivity index (χ3v) is 2.46. The van der Waals surface area contributed by atoms with E-state index in [1.54, 1.807) is 0 Å². The molecule has 126 valence electrons. The van der Waals surface area contributed by atoms with Crippen LogP contribution in [0.25, 0.3) is 0 Å². The van der Waals surface area contributed by atoms with Crippen molar-refractivity contribution in [3.8, 4) is 5.75 Å². The van der Waals surface area contributed by atoms with Gasteiger partial charge in [-0.1, -0.05) is 6.92 Å². The number of carbonyl (C=O) groups is 1. The Morgan fingerprint density at radius 1 is 1.22 bits per heavy atom. The summed E-state index contributed by atoms with van der Waals surface area (Å²) in [5.74, 6) is -0.699. The highest BCUT2D eigenvalue weighted by Crippen LogP contribution is 2.36. The fraction of sp³-hybridized carbons (Fsp3) is 0.364. The van der Waals surface area contributed by atoms with Crippen LogP contribution in [-0.4, -0.2) is 28.8 Å². The van der Waals surface area contributed by atoms with Gasteiger partial charge in [0.05, 0.1) is 15.9 Å². The van der Waals surface area contributed by atoms with Gasteiger partial charge in [0.2, 0.25) is 5.75 Å². The van der Waals surface area contributed by atoms with E-state index in [1.165, 1.54) is 6.92 Å². The Morgan fingerprint density at radius 2 is 1.83 bits per heavy atom. The summed E-state index contributed by atoms with van der Waals surface area (Å²) in [6, 6.07) is 1.45. The van der Waals surface area contributed by atoms with Crippen molar-refractivity contribution < 1.29 is 37.3 Å². The molecule has 0 aromatic heterocycles. The third-order valence-electron chi connectivity index (χ3n) is 2.46. The Bertz CT molecular complexity index is 645. The van der Waals surface area contributed by atoms with Gasteiger partial charge in [0.1, 0.15) is 0 Å². The standard InChI is InChI=1S/C11H9F3N2O7/c1-2-6-3-7(15(18)19)4-8(16(20)21)9(6)23-10(17)22-5-11(12,13)14/h3-4H,2,5H2,1H3. The molecule has 0 aliphatic rings. The lowest BCUT2D eigenvalue weighted by molar-refractivity contribution is -0.394. The van der Waals surface area contributed by atoms with Crippen LogP contribution in [0, 0.1) is 20.2 Å². The number of ether oxygens (including phenoxy) is 2. The van der Waals surface area contributed by atoms with E-state index in [0.29, 0.717) is 6.07 Å². The number of alkyl halides is 3. The topological polar surface area (TPSA) is 122 Å². The lowest BCUT2D eigenvalue weighted by atomic mass is 10.1. The van der Waals surface area contributed by atoms with Crippen LogP contribution in [0.5, 0.6) is 5.75 Å². The van der Waals surface area contributed by atoms with Gasteiger partial charge in [-0.2, -0.15) is 13.2 Å². The second kappa shape index (κ2) is 6.89. The normalized spacial score (nSPS) is 11.0. The number of carbonyl (C=O) groups excluding carboxylic acids is 1. The molecule has 0 N–H and O–H groups in total. The van der Waals surface area contributed by atoms with Crippen LogP contribution in [-0.2, 0) is 11.2 Å². The molecular formula is C11H9F3N2O7. The van der Waals surface area contributed by atoms with Crippen LogP contribution in [0.1, 0.15) is 12.5 Å². The smallest absolute Gasteiger partial charge is 0.424 e. The average molecular weight is 338 g/mol. The summed E-state index contributed by atoms with van der Waals surface area (Å²) in [4.78, 5) is 30.9. The fourth-order valence-electron chi connectivity index (χ4n) is 1.53. The molecule has 0 radical (unpaired) electrons. The molecule has 0 aliphatic carbocycles. The molecule has 0 aliphatic heterocycles. The van der Waals surface area contributed by atoms with Crippen molar-refractivity contribution in [1.82, 2.24) is 0 Å². The lowest BCUT2D eigenvalue weighted by Gasteiger charge is -2.10. The van der Waals surface area contributed by atoms with Crippen molar-refractivity contribution in [1.29, 1.82) is 0 Å². The van der Waals surface area contributed by atoms with Crippen LogP contribution < -0.4 is 4.74 Å². The van der Waals surface area contributed by atoms with Crippen LogP contribution in [0.4, 0.5) is 29.3 Å². The molecule has 1 aromatic carbocycles. The Hall–Kier alpha value is -2.92. The third kappa shape index (κ3) is 5.09. The highest BCUT2D eigenvalue weighted by molar-refractivity contribution is 5.69.